The number of nitrogens with zero attached hydrogens (tertiary/aromatic N) is 2. The van der Waals surface area contributed by atoms with Gasteiger partial charge >= 0.3 is 0 Å². The van der Waals surface area contributed by atoms with Gasteiger partial charge in [0.15, 0.2) is 0 Å². The largest absolute Gasteiger partial charge is 0.303 e. The third-order valence-electron chi connectivity index (χ3n) is 4.66. The summed E-state index contributed by atoms with van der Waals surface area (Å²) in [7, 11) is 2.24. The number of hydrogen-bond donors (Lipinski definition) is 0. The van der Waals surface area contributed by atoms with Gasteiger partial charge in [-0.1, -0.05) is 46.3 Å². The lowest BCUT2D eigenvalue weighted by atomic mass is 10.00. The van der Waals surface area contributed by atoms with E-state index in [-0.39, 0.29) is 0 Å². The second-order valence-corrected chi connectivity index (χ2v) is 6.85. The number of rotatable bonds is 4. The Morgan fingerprint density at radius 2 is 1.95 bits per heavy atom. The number of halogens is 1. The normalized spacial score (nSPS) is 27.4. The molecule has 1 aliphatic heterocycles. The second-order valence-electron chi connectivity index (χ2n) is 6.29. The zero-order chi connectivity index (χ0) is 13.3. The molecule has 1 heterocycles. The van der Waals surface area contributed by atoms with Crippen molar-refractivity contribution in [3.63, 3.8) is 0 Å². The molecule has 1 saturated carbocycles. The van der Waals surface area contributed by atoms with Gasteiger partial charge in [-0.05, 0) is 30.9 Å². The fourth-order valence-electron chi connectivity index (χ4n) is 3.08. The third-order valence-corrected chi connectivity index (χ3v) is 5.85. The van der Waals surface area contributed by atoms with Gasteiger partial charge in [-0.3, -0.25) is 4.90 Å². The van der Waals surface area contributed by atoms with E-state index < -0.39 is 0 Å². The maximum absolute atomic E-state index is 3.71. The van der Waals surface area contributed by atoms with Gasteiger partial charge in [0.05, 0.1) is 0 Å². The molecule has 104 valence electrons. The van der Waals surface area contributed by atoms with Crippen LogP contribution < -0.4 is 0 Å². The van der Waals surface area contributed by atoms with Crippen molar-refractivity contribution in [1.82, 2.24) is 9.80 Å². The molecule has 3 rings (SSSR count). The molecule has 1 saturated heterocycles. The van der Waals surface area contributed by atoms with Gasteiger partial charge in [-0.2, -0.15) is 0 Å². The number of piperazine rings is 1. The fourth-order valence-corrected chi connectivity index (χ4v) is 3.82. The van der Waals surface area contributed by atoms with Crippen LogP contribution in [0.2, 0.25) is 0 Å². The van der Waals surface area contributed by atoms with Crippen molar-refractivity contribution in [3.05, 3.63) is 35.9 Å². The fraction of sp³-hybridized carbons (Fsp3) is 0.625. The highest BCUT2D eigenvalue weighted by Gasteiger charge is 2.44. The average Bonchev–Trinajstić information content (AvgIpc) is 3.22. The molecule has 0 spiro atoms. The maximum atomic E-state index is 3.71. The number of hydrogen-bond acceptors (Lipinski definition) is 2. The summed E-state index contributed by atoms with van der Waals surface area (Å²) in [5.74, 6) is 0. The standard InChI is InChI=1S/C16H23BrN2/c1-18-9-10-19(13-16(12-17)7-8-16)15(11-18)14-5-3-2-4-6-14/h2-6,15H,7-13H2,1H3. The summed E-state index contributed by atoms with van der Waals surface area (Å²) in [5.41, 5.74) is 2.04. The van der Waals surface area contributed by atoms with Crippen molar-refractivity contribution in [1.29, 1.82) is 0 Å². The first-order valence-corrected chi connectivity index (χ1v) is 8.38. The average molecular weight is 323 g/mol. The Bertz CT molecular complexity index is 416. The first kappa shape index (κ1) is 13.6. The molecule has 0 N–H and O–H groups in total. The Balaban J connectivity index is 1.76. The van der Waals surface area contributed by atoms with Gasteiger partial charge in [0, 0.05) is 37.6 Å². The lowest BCUT2D eigenvalue weighted by Gasteiger charge is -2.42. The summed E-state index contributed by atoms with van der Waals surface area (Å²) in [5, 5.41) is 1.16. The van der Waals surface area contributed by atoms with E-state index in [1.165, 1.54) is 38.0 Å². The van der Waals surface area contributed by atoms with Crippen LogP contribution in [0.15, 0.2) is 30.3 Å². The van der Waals surface area contributed by atoms with Crippen molar-refractivity contribution in [2.24, 2.45) is 5.41 Å². The van der Waals surface area contributed by atoms with E-state index in [1.807, 2.05) is 0 Å². The second kappa shape index (κ2) is 5.55. The first-order chi connectivity index (χ1) is 9.22. The minimum absolute atomic E-state index is 0.566. The molecule has 19 heavy (non-hydrogen) atoms. The van der Waals surface area contributed by atoms with Crippen LogP contribution in [0, 0.1) is 5.41 Å². The summed E-state index contributed by atoms with van der Waals surface area (Å²) in [4.78, 5) is 5.17. The zero-order valence-electron chi connectivity index (χ0n) is 11.7. The van der Waals surface area contributed by atoms with E-state index in [2.05, 4.69) is 63.1 Å². The molecule has 0 radical (unpaired) electrons. The SMILES string of the molecule is CN1CCN(CC2(CBr)CC2)C(c2ccccc2)C1. The van der Waals surface area contributed by atoms with Gasteiger partial charge in [-0.15, -0.1) is 0 Å². The Kier molecular flexibility index (Phi) is 3.97. The van der Waals surface area contributed by atoms with Gasteiger partial charge < -0.3 is 4.90 Å². The van der Waals surface area contributed by atoms with Gasteiger partial charge in [0.2, 0.25) is 0 Å². The van der Waals surface area contributed by atoms with Crippen LogP contribution in [0.25, 0.3) is 0 Å². The predicted molar refractivity (Wildman–Crippen MR) is 83.7 cm³/mol. The third kappa shape index (κ3) is 3.04. The molecule has 2 aliphatic rings. The minimum atomic E-state index is 0.566. The Labute approximate surface area is 124 Å². The van der Waals surface area contributed by atoms with Gasteiger partial charge in [0.25, 0.3) is 0 Å². The number of likely N-dealkylation sites (N-methyl/N-ethyl adjacent to an activating group) is 1. The van der Waals surface area contributed by atoms with Gasteiger partial charge in [-0.25, -0.2) is 0 Å². The molecule has 1 aromatic carbocycles. The molecule has 1 unspecified atom stereocenters. The van der Waals surface area contributed by atoms with Crippen LogP contribution in [-0.2, 0) is 0 Å². The van der Waals surface area contributed by atoms with Crippen LogP contribution in [0.5, 0.6) is 0 Å². The van der Waals surface area contributed by atoms with Gasteiger partial charge in [0.1, 0.15) is 0 Å². The summed E-state index contributed by atoms with van der Waals surface area (Å²) < 4.78 is 0. The van der Waals surface area contributed by atoms with E-state index in [0.717, 1.165) is 11.9 Å². The molecule has 2 fully saturated rings. The number of benzene rings is 1. The minimum Gasteiger partial charge on any atom is -0.303 e. The highest BCUT2D eigenvalue weighted by molar-refractivity contribution is 9.09. The highest BCUT2D eigenvalue weighted by Crippen LogP contribution is 2.48. The predicted octanol–water partition coefficient (Wildman–Crippen LogP) is 3.15. The topological polar surface area (TPSA) is 6.48 Å². The quantitative estimate of drug-likeness (QED) is 0.786. The highest BCUT2D eigenvalue weighted by atomic mass is 79.9. The first-order valence-electron chi connectivity index (χ1n) is 7.26. The van der Waals surface area contributed by atoms with Crippen molar-refractivity contribution >= 4 is 15.9 Å². The smallest absolute Gasteiger partial charge is 0.0475 e. The molecule has 2 nitrogen and oxygen atoms in total. The van der Waals surface area contributed by atoms with Crippen LogP contribution >= 0.6 is 15.9 Å². The molecule has 3 heteroatoms. The van der Waals surface area contributed by atoms with Crippen LogP contribution in [0.4, 0.5) is 0 Å². The van der Waals surface area contributed by atoms with E-state index in [9.17, 15) is 0 Å². The monoisotopic (exact) mass is 322 g/mol. The molecule has 0 bridgehead atoms. The lowest BCUT2D eigenvalue weighted by Crippen LogP contribution is -2.48. The lowest BCUT2D eigenvalue weighted by molar-refractivity contribution is 0.0743. The van der Waals surface area contributed by atoms with Crippen molar-refractivity contribution in [3.8, 4) is 0 Å². The molecule has 1 atom stereocenters. The van der Waals surface area contributed by atoms with Crippen molar-refractivity contribution in [2.75, 3.05) is 38.6 Å². The Morgan fingerprint density at radius 3 is 2.58 bits per heavy atom. The van der Waals surface area contributed by atoms with Crippen LogP contribution in [0.3, 0.4) is 0 Å². The van der Waals surface area contributed by atoms with Crippen molar-refractivity contribution < 1.29 is 0 Å². The van der Waals surface area contributed by atoms with E-state index >= 15 is 0 Å². The Morgan fingerprint density at radius 1 is 1.21 bits per heavy atom. The molecule has 0 amide bonds. The van der Waals surface area contributed by atoms with E-state index in [4.69, 9.17) is 0 Å². The summed E-state index contributed by atoms with van der Waals surface area (Å²) in [6, 6.07) is 11.6. The van der Waals surface area contributed by atoms with Crippen LogP contribution in [-0.4, -0.2) is 48.4 Å². The summed E-state index contributed by atoms with van der Waals surface area (Å²) >= 11 is 3.71. The summed E-state index contributed by atoms with van der Waals surface area (Å²) in [6.45, 7) is 4.81. The molecule has 1 aliphatic carbocycles. The number of alkyl halides is 1. The Hall–Kier alpha value is -0.380. The van der Waals surface area contributed by atoms with E-state index in [1.54, 1.807) is 0 Å². The molecule has 1 aromatic rings. The van der Waals surface area contributed by atoms with Crippen LogP contribution in [0.1, 0.15) is 24.4 Å². The van der Waals surface area contributed by atoms with Crippen molar-refractivity contribution in [2.45, 2.75) is 18.9 Å². The molecule has 0 aromatic heterocycles. The zero-order valence-corrected chi connectivity index (χ0v) is 13.3. The summed E-state index contributed by atoms with van der Waals surface area (Å²) in [6.07, 6.45) is 2.79. The molecular weight excluding hydrogens is 300 g/mol. The van der Waals surface area contributed by atoms with E-state index in [0.29, 0.717) is 11.5 Å². The molecular formula is C16H23BrN2. The maximum Gasteiger partial charge on any atom is 0.0475 e.